The number of anilines is 2. The first kappa shape index (κ1) is 13.1. The van der Waals surface area contributed by atoms with Crippen LogP contribution in [0.15, 0.2) is 18.2 Å². The van der Waals surface area contributed by atoms with Gasteiger partial charge in [-0.05, 0) is 24.5 Å². The second kappa shape index (κ2) is 5.97. The quantitative estimate of drug-likeness (QED) is 0.696. The van der Waals surface area contributed by atoms with E-state index in [1.165, 1.54) is 0 Å². The van der Waals surface area contributed by atoms with Crippen molar-refractivity contribution < 1.29 is 5.11 Å². The predicted molar refractivity (Wildman–Crippen MR) is 69.8 cm³/mol. The summed E-state index contributed by atoms with van der Waals surface area (Å²) in [4.78, 5) is 0. The van der Waals surface area contributed by atoms with Crippen LogP contribution in [0.25, 0.3) is 0 Å². The molecule has 0 saturated carbocycles. The number of nitrogen functional groups attached to an aromatic ring is 1. The zero-order valence-corrected chi connectivity index (χ0v) is 10.5. The average Bonchev–Trinajstić information content (AvgIpc) is 2.23. The molecule has 1 atom stereocenters. The van der Waals surface area contributed by atoms with Gasteiger partial charge in [0.2, 0.25) is 0 Å². The van der Waals surface area contributed by atoms with Gasteiger partial charge in [0.15, 0.2) is 0 Å². The number of nitrogens with one attached hydrogen (secondary N) is 1. The van der Waals surface area contributed by atoms with Crippen LogP contribution in [0.3, 0.4) is 0 Å². The molecule has 0 saturated heterocycles. The highest BCUT2D eigenvalue weighted by Gasteiger charge is 2.11. The monoisotopic (exact) mass is 242 g/mol. The van der Waals surface area contributed by atoms with E-state index < -0.39 is 0 Å². The minimum absolute atomic E-state index is 0.0146. The third-order valence-electron chi connectivity index (χ3n) is 2.39. The van der Waals surface area contributed by atoms with Crippen molar-refractivity contribution in [3.8, 4) is 0 Å². The molecule has 0 aliphatic carbocycles. The fraction of sp³-hybridized carbons (Fsp3) is 0.500. The molecule has 3 nitrogen and oxygen atoms in total. The highest BCUT2D eigenvalue weighted by Crippen LogP contribution is 2.27. The molecule has 0 fully saturated rings. The molecule has 4 heteroatoms. The lowest BCUT2D eigenvalue weighted by Crippen LogP contribution is -2.26. The molecule has 1 rings (SSSR count). The zero-order chi connectivity index (χ0) is 12.1. The molecule has 0 heterocycles. The van der Waals surface area contributed by atoms with Gasteiger partial charge >= 0.3 is 0 Å². The van der Waals surface area contributed by atoms with Gasteiger partial charge in [-0.1, -0.05) is 31.5 Å². The summed E-state index contributed by atoms with van der Waals surface area (Å²) in [6.45, 7) is 4.32. The molecule has 1 aromatic rings. The Labute approximate surface area is 102 Å². The van der Waals surface area contributed by atoms with Crippen LogP contribution in [0.2, 0.25) is 5.02 Å². The Morgan fingerprint density at radius 1 is 1.44 bits per heavy atom. The first-order valence-corrected chi connectivity index (χ1v) is 5.83. The summed E-state index contributed by atoms with van der Waals surface area (Å²) in [7, 11) is 0. The summed E-state index contributed by atoms with van der Waals surface area (Å²) >= 11 is 5.92. The van der Waals surface area contributed by atoms with Gasteiger partial charge in [0.1, 0.15) is 0 Å². The van der Waals surface area contributed by atoms with Crippen LogP contribution in [-0.2, 0) is 0 Å². The normalized spacial score (nSPS) is 12.8. The van der Waals surface area contributed by atoms with Crippen molar-refractivity contribution in [2.75, 3.05) is 17.7 Å². The third-order valence-corrected chi connectivity index (χ3v) is 2.72. The van der Waals surface area contributed by atoms with Gasteiger partial charge in [-0.3, -0.25) is 0 Å². The Hall–Kier alpha value is -0.930. The maximum Gasteiger partial charge on any atom is 0.0739 e. The Morgan fingerprint density at radius 3 is 2.69 bits per heavy atom. The van der Waals surface area contributed by atoms with Crippen molar-refractivity contribution >= 4 is 23.0 Å². The lowest BCUT2D eigenvalue weighted by Gasteiger charge is -2.20. The first-order chi connectivity index (χ1) is 7.54. The van der Waals surface area contributed by atoms with E-state index >= 15 is 0 Å². The third kappa shape index (κ3) is 3.58. The number of hydrogen-bond acceptors (Lipinski definition) is 3. The summed E-state index contributed by atoms with van der Waals surface area (Å²) < 4.78 is 0. The Balaban J connectivity index is 2.74. The first-order valence-electron chi connectivity index (χ1n) is 5.46. The van der Waals surface area contributed by atoms with Gasteiger partial charge in [-0.25, -0.2) is 0 Å². The number of nitrogens with two attached hydrogens (primary N) is 1. The number of aliphatic hydroxyl groups is 1. The highest BCUT2D eigenvalue weighted by atomic mass is 35.5. The van der Waals surface area contributed by atoms with Gasteiger partial charge in [0.05, 0.1) is 23.0 Å². The second-order valence-corrected chi connectivity index (χ2v) is 4.76. The van der Waals surface area contributed by atoms with Gasteiger partial charge in [0.25, 0.3) is 0 Å². The lowest BCUT2D eigenvalue weighted by atomic mass is 10.0. The van der Waals surface area contributed by atoms with Crippen LogP contribution in [0.4, 0.5) is 11.4 Å². The van der Waals surface area contributed by atoms with Crippen molar-refractivity contribution in [1.82, 2.24) is 0 Å². The predicted octanol–water partition coefficient (Wildman–Crippen LogP) is 2.74. The molecule has 0 spiro atoms. The Morgan fingerprint density at radius 2 is 2.12 bits per heavy atom. The SMILES string of the molecule is CC(C)CC(CO)Nc1cccc(Cl)c1N. The van der Waals surface area contributed by atoms with Crippen LogP contribution in [0, 0.1) is 5.92 Å². The molecule has 0 aliphatic rings. The summed E-state index contributed by atoms with van der Waals surface area (Å²) in [6, 6.07) is 5.47. The molecule has 0 amide bonds. The number of rotatable bonds is 5. The number of aliphatic hydroxyl groups excluding tert-OH is 1. The second-order valence-electron chi connectivity index (χ2n) is 4.35. The molecule has 1 aromatic carbocycles. The van der Waals surface area contributed by atoms with E-state index in [4.69, 9.17) is 17.3 Å². The fourth-order valence-corrected chi connectivity index (χ4v) is 1.81. The van der Waals surface area contributed by atoms with Gasteiger partial charge in [-0.2, -0.15) is 0 Å². The maximum absolute atomic E-state index is 9.26. The molecule has 0 bridgehead atoms. The van der Waals surface area contributed by atoms with E-state index in [2.05, 4.69) is 19.2 Å². The van der Waals surface area contributed by atoms with Crippen molar-refractivity contribution in [2.24, 2.45) is 5.92 Å². The van der Waals surface area contributed by atoms with Crippen molar-refractivity contribution in [2.45, 2.75) is 26.3 Å². The number of para-hydroxylation sites is 1. The molecule has 0 aliphatic heterocycles. The van der Waals surface area contributed by atoms with Crippen molar-refractivity contribution in [1.29, 1.82) is 0 Å². The topological polar surface area (TPSA) is 58.3 Å². The van der Waals surface area contributed by atoms with E-state index in [9.17, 15) is 5.11 Å². The van der Waals surface area contributed by atoms with Gasteiger partial charge in [-0.15, -0.1) is 0 Å². The standard InChI is InChI=1S/C12H19ClN2O/c1-8(2)6-9(7-16)15-11-5-3-4-10(13)12(11)14/h3-5,8-9,15-16H,6-7,14H2,1-2H3. The molecule has 90 valence electrons. The molecule has 1 unspecified atom stereocenters. The molecular weight excluding hydrogens is 224 g/mol. The van der Waals surface area contributed by atoms with E-state index in [1.54, 1.807) is 6.07 Å². The summed E-state index contributed by atoms with van der Waals surface area (Å²) in [5, 5.41) is 13.0. The van der Waals surface area contributed by atoms with Crippen LogP contribution < -0.4 is 11.1 Å². The molecule has 0 radical (unpaired) electrons. The molecule has 0 aromatic heterocycles. The summed E-state index contributed by atoms with van der Waals surface area (Å²) in [6.07, 6.45) is 0.891. The van der Waals surface area contributed by atoms with E-state index in [1.807, 2.05) is 12.1 Å². The van der Waals surface area contributed by atoms with Crippen LogP contribution >= 0.6 is 11.6 Å². The van der Waals surface area contributed by atoms with Gasteiger partial charge < -0.3 is 16.2 Å². The largest absolute Gasteiger partial charge is 0.396 e. The van der Waals surface area contributed by atoms with E-state index in [0.29, 0.717) is 16.6 Å². The molecule has 4 N–H and O–H groups in total. The minimum Gasteiger partial charge on any atom is -0.396 e. The average molecular weight is 243 g/mol. The number of hydrogen-bond donors (Lipinski definition) is 3. The van der Waals surface area contributed by atoms with Crippen LogP contribution in [0.5, 0.6) is 0 Å². The van der Waals surface area contributed by atoms with E-state index in [-0.39, 0.29) is 12.6 Å². The zero-order valence-electron chi connectivity index (χ0n) is 9.70. The molecular formula is C12H19ClN2O. The van der Waals surface area contributed by atoms with Gasteiger partial charge in [0, 0.05) is 6.04 Å². The lowest BCUT2D eigenvalue weighted by molar-refractivity contribution is 0.259. The smallest absolute Gasteiger partial charge is 0.0739 e. The summed E-state index contributed by atoms with van der Waals surface area (Å²) in [5.74, 6) is 0.519. The molecule has 16 heavy (non-hydrogen) atoms. The van der Waals surface area contributed by atoms with Crippen molar-refractivity contribution in [3.05, 3.63) is 23.2 Å². The van der Waals surface area contributed by atoms with Crippen LogP contribution in [-0.4, -0.2) is 17.8 Å². The number of halogens is 1. The highest BCUT2D eigenvalue weighted by molar-refractivity contribution is 6.33. The minimum atomic E-state index is 0.0146. The van der Waals surface area contributed by atoms with Crippen LogP contribution in [0.1, 0.15) is 20.3 Å². The van der Waals surface area contributed by atoms with Crippen molar-refractivity contribution in [3.63, 3.8) is 0 Å². The van der Waals surface area contributed by atoms with E-state index in [0.717, 1.165) is 12.1 Å². The Bertz CT molecular complexity index is 342. The maximum atomic E-state index is 9.26. The Kier molecular flexibility index (Phi) is 4.90. The number of benzene rings is 1. The fourth-order valence-electron chi connectivity index (χ4n) is 1.63. The summed E-state index contributed by atoms with van der Waals surface area (Å²) in [5.41, 5.74) is 7.16.